The quantitative estimate of drug-likeness (QED) is 0.273. The number of halogens is 2. The number of aromatic nitrogens is 1. The lowest BCUT2D eigenvalue weighted by molar-refractivity contribution is 0.0997. The molecule has 4 aromatic rings. The molecule has 6 nitrogen and oxygen atoms in total. The summed E-state index contributed by atoms with van der Waals surface area (Å²) < 4.78 is 14.2. The van der Waals surface area contributed by atoms with Crippen LogP contribution in [-0.4, -0.2) is 18.0 Å². The number of ether oxygens (including phenoxy) is 1. The molecule has 1 amide bonds. The summed E-state index contributed by atoms with van der Waals surface area (Å²) in [6.07, 6.45) is 1.40. The van der Waals surface area contributed by atoms with E-state index in [-0.39, 0.29) is 5.76 Å². The van der Waals surface area contributed by atoms with E-state index in [9.17, 15) is 4.79 Å². The Kier molecular flexibility index (Phi) is 6.90. The highest BCUT2D eigenvalue weighted by atomic mass is 35.5. The number of anilines is 2. The first-order valence-corrected chi connectivity index (χ1v) is 11.0. The van der Waals surface area contributed by atoms with Crippen molar-refractivity contribution in [1.82, 2.24) is 4.98 Å². The molecule has 0 saturated carbocycles. The van der Waals surface area contributed by atoms with E-state index in [2.05, 4.69) is 15.0 Å². The van der Waals surface area contributed by atoms with Crippen LogP contribution in [0, 0.1) is 0 Å². The summed E-state index contributed by atoms with van der Waals surface area (Å²) in [6, 6.07) is 19.9. The van der Waals surface area contributed by atoms with Gasteiger partial charge in [0.2, 0.25) is 11.7 Å². The molecule has 4 rings (SSSR count). The number of carbonyl (C=O) groups excluding carboxylic acids is 1. The minimum absolute atomic E-state index is 0.106. The summed E-state index contributed by atoms with van der Waals surface area (Å²) in [5.41, 5.74) is 1.94. The molecule has 0 unspecified atom stereocenters. The van der Waals surface area contributed by atoms with E-state index in [0.29, 0.717) is 33.1 Å². The molecule has 32 heavy (non-hydrogen) atoms. The predicted molar refractivity (Wildman–Crippen MR) is 129 cm³/mol. The maximum Gasteiger partial charge on any atom is 0.293 e. The smallest absolute Gasteiger partial charge is 0.293 e. The molecule has 0 aliphatic heterocycles. The predicted octanol–water partition coefficient (Wildman–Crippen LogP) is 7.03. The van der Waals surface area contributed by atoms with Gasteiger partial charge in [-0.15, -0.1) is 0 Å². The summed E-state index contributed by atoms with van der Waals surface area (Å²) in [5, 5.41) is 3.80. The molecular weight excluding hydrogens is 469 g/mol. The van der Waals surface area contributed by atoms with Crippen molar-refractivity contribution in [3.8, 4) is 17.2 Å². The Morgan fingerprint density at radius 2 is 1.78 bits per heavy atom. The molecule has 1 aromatic heterocycles. The lowest BCUT2D eigenvalue weighted by Crippen LogP contribution is -2.11. The maximum absolute atomic E-state index is 12.7. The zero-order valence-corrected chi connectivity index (χ0v) is 19.1. The standard InChI is InChI=1S/C23H17Cl2N3O3S/c1-30-18-11-10-15(12-20(18)32-28-21-16(24)8-5-9-17(21)25)27-22(29)19-13-26-23(31-19)14-6-3-2-4-7-14/h2-13,28H,1H3,(H,27,29). The third-order valence-electron chi connectivity index (χ3n) is 4.40. The van der Waals surface area contributed by atoms with E-state index in [1.165, 1.54) is 18.1 Å². The van der Waals surface area contributed by atoms with Gasteiger partial charge in [-0.05, 0) is 54.4 Å². The van der Waals surface area contributed by atoms with Crippen LogP contribution in [0.25, 0.3) is 11.5 Å². The van der Waals surface area contributed by atoms with Gasteiger partial charge in [0.25, 0.3) is 5.91 Å². The van der Waals surface area contributed by atoms with Crippen LogP contribution in [0.15, 0.2) is 82.2 Å². The monoisotopic (exact) mass is 485 g/mol. The second-order valence-corrected chi connectivity index (χ2v) is 8.18. The van der Waals surface area contributed by atoms with E-state index in [4.69, 9.17) is 32.4 Å². The summed E-state index contributed by atoms with van der Waals surface area (Å²) >= 11 is 13.7. The van der Waals surface area contributed by atoms with Gasteiger partial charge < -0.3 is 19.2 Å². The molecule has 0 aliphatic rings. The van der Waals surface area contributed by atoms with E-state index in [0.717, 1.165) is 10.5 Å². The number of oxazole rings is 1. The fourth-order valence-electron chi connectivity index (χ4n) is 2.82. The van der Waals surface area contributed by atoms with Crippen LogP contribution in [0.1, 0.15) is 10.6 Å². The van der Waals surface area contributed by atoms with Crippen molar-refractivity contribution in [2.24, 2.45) is 0 Å². The average Bonchev–Trinajstić information content (AvgIpc) is 3.30. The summed E-state index contributed by atoms with van der Waals surface area (Å²) in [6.45, 7) is 0. The molecule has 2 N–H and O–H groups in total. The number of methoxy groups -OCH3 is 1. The number of carbonyl (C=O) groups is 1. The van der Waals surface area contributed by atoms with Crippen molar-refractivity contribution in [1.29, 1.82) is 0 Å². The Morgan fingerprint density at radius 3 is 2.50 bits per heavy atom. The second kappa shape index (κ2) is 9.99. The van der Waals surface area contributed by atoms with Gasteiger partial charge in [0, 0.05) is 11.3 Å². The molecule has 1 heterocycles. The summed E-state index contributed by atoms with van der Waals surface area (Å²) in [4.78, 5) is 17.6. The molecule has 9 heteroatoms. The molecular formula is C23H17Cl2N3O3S. The van der Waals surface area contributed by atoms with E-state index >= 15 is 0 Å². The van der Waals surface area contributed by atoms with Gasteiger partial charge in [-0.1, -0.05) is 47.5 Å². The third kappa shape index (κ3) is 5.02. The maximum atomic E-state index is 12.7. The second-order valence-electron chi connectivity index (χ2n) is 6.52. The fraction of sp³-hybridized carbons (Fsp3) is 0.0435. The molecule has 0 saturated heterocycles. The van der Waals surface area contributed by atoms with Gasteiger partial charge in [-0.2, -0.15) is 0 Å². The van der Waals surface area contributed by atoms with Crippen LogP contribution >= 0.6 is 35.1 Å². The van der Waals surface area contributed by atoms with Crippen LogP contribution in [0.2, 0.25) is 10.0 Å². The fourth-order valence-corrected chi connectivity index (χ4v) is 4.30. The number of para-hydroxylation sites is 1. The lowest BCUT2D eigenvalue weighted by Gasteiger charge is -2.13. The van der Waals surface area contributed by atoms with E-state index in [1.54, 1.807) is 43.5 Å². The first-order chi connectivity index (χ1) is 15.5. The van der Waals surface area contributed by atoms with Gasteiger partial charge in [-0.25, -0.2) is 4.98 Å². The van der Waals surface area contributed by atoms with E-state index in [1.807, 2.05) is 30.3 Å². The minimum atomic E-state index is -0.414. The number of benzene rings is 3. The van der Waals surface area contributed by atoms with Gasteiger partial charge in [0.1, 0.15) is 5.75 Å². The van der Waals surface area contributed by atoms with Crippen LogP contribution in [0.4, 0.5) is 11.4 Å². The van der Waals surface area contributed by atoms with Crippen LogP contribution in [0.3, 0.4) is 0 Å². The van der Waals surface area contributed by atoms with Gasteiger partial charge in [0.05, 0.1) is 33.9 Å². The van der Waals surface area contributed by atoms with Crippen molar-refractivity contribution < 1.29 is 13.9 Å². The third-order valence-corrected chi connectivity index (χ3v) is 5.87. The Morgan fingerprint density at radius 1 is 1.03 bits per heavy atom. The first-order valence-electron chi connectivity index (χ1n) is 9.42. The number of nitrogens with zero attached hydrogens (tertiary/aromatic N) is 1. The Hall–Kier alpha value is -3.13. The molecule has 0 bridgehead atoms. The molecule has 0 radical (unpaired) electrons. The Labute approximate surface area is 199 Å². The van der Waals surface area contributed by atoms with Crippen LogP contribution in [0.5, 0.6) is 5.75 Å². The Balaban J connectivity index is 1.50. The Bertz CT molecular complexity index is 1230. The minimum Gasteiger partial charge on any atom is -0.496 e. The lowest BCUT2D eigenvalue weighted by atomic mass is 10.2. The van der Waals surface area contributed by atoms with Crippen molar-refractivity contribution in [3.05, 3.63) is 88.7 Å². The average molecular weight is 486 g/mol. The summed E-state index contributed by atoms with van der Waals surface area (Å²) in [7, 11) is 1.57. The highest BCUT2D eigenvalue weighted by Gasteiger charge is 2.15. The SMILES string of the molecule is COc1ccc(NC(=O)c2cnc(-c3ccccc3)o2)cc1SNc1c(Cl)cccc1Cl. The van der Waals surface area contributed by atoms with Crippen LogP contribution in [-0.2, 0) is 0 Å². The molecule has 0 fully saturated rings. The molecule has 0 aliphatic carbocycles. The normalized spacial score (nSPS) is 10.6. The van der Waals surface area contributed by atoms with Crippen molar-refractivity contribution in [2.45, 2.75) is 4.90 Å². The zero-order valence-electron chi connectivity index (χ0n) is 16.8. The largest absolute Gasteiger partial charge is 0.496 e. The molecule has 0 spiro atoms. The van der Waals surface area contributed by atoms with Gasteiger partial charge in [-0.3, -0.25) is 4.79 Å². The van der Waals surface area contributed by atoms with Crippen molar-refractivity contribution in [2.75, 3.05) is 17.1 Å². The molecule has 0 atom stereocenters. The van der Waals surface area contributed by atoms with Crippen molar-refractivity contribution in [3.63, 3.8) is 0 Å². The van der Waals surface area contributed by atoms with Crippen molar-refractivity contribution >= 4 is 52.4 Å². The van der Waals surface area contributed by atoms with Crippen LogP contribution < -0.4 is 14.8 Å². The number of nitrogens with one attached hydrogen (secondary N) is 2. The number of hydrogen-bond acceptors (Lipinski definition) is 6. The number of rotatable bonds is 7. The topological polar surface area (TPSA) is 76.4 Å². The van der Waals surface area contributed by atoms with Gasteiger partial charge >= 0.3 is 0 Å². The van der Waals surface area contributed by atoms with Gasteiger partial charge in [0.15, 0.2) is 0 Å². The molecule has 3 aromatic carbocycles. The van der Waals surface area contributed by atoms with E-state index < -0.39 is 5.91 Å². The highest BCUT2D eigenvalue weighted by Crippen LogP contribution is 2.37. The first kappa shape index (κ1) is 22.1. The molecule has 162 valence electrons. The number of hydrogen-bond donors (Lipinski definition) is 2. The number of amides is 1. The zero-order chi connectivity index (χ0) is 22.5. The summed E-state index contributed by atoms with van der Waals surface area (Å²) in [5.74, 6) is 0.690. The highest BCUT2D eigenvalue weighted by molar-refractivity contribution is 8.00.